The van der Waals surface area contributed by atoms with Gasteiger partial charge >= 0.3 is 0 Å². The van der Waals surface area contributed by atoms with Gasteiger partial charge in [-0.05, 0) is 48.7 Å². The third kappa shape index (κ3) is 5.01. The fourth-order valence-electron chi connectivity index (χ4n) is 4.04. The average molecular weight is 440 g/mol. The molecule has 1 atom stereocenters. The molecular formula is C27H25N3O3. The SMILES string of the molecule is Cc1cc(C)cc(NC(=O)C(Cc2ccccc2)NC2=CC(=NO)c3ccccc3C2=O)c1. The van der Waals surface area contributed by atoms with Gasteiger partial charge in [-0.25, -0.2) is 0 Å². The number of nitrogens with one attached hydrogen (secondary N) is 2. The highest BCUT2D eigenvalue weighted by atomic mass is 16.4. The zero-order valence-corrected chi connectivity index (χ0v) is 18.5. The number of ketones is 1. The first kappa shape index (κ1) is 22.0. The highest BCUT2D eigenvalue weighted by Crippen LogP contribution is 2.22. The van der Waals surface area contributed by atoms with E-state index < -0.39 is 6.04 Å². The molecule has 0 aliphatic heterocycles. The Morgan fingerprint density at radius 2 is 1.58 bits per heavy atom. The molecule has 6 nitrogen and oxygen atoms in total. The number of fused-ring (bicyclic) bond motifs is 1. The number of anilines is 1. The van der Waals surface area contributed by atoms with Gasteiger partial charge in [0.05, 0.1) is 5.70 Å². The minimum Gasteiger partial charge on any atom is -0.410 e. The zero-order chi connectivity index (χ0) is 23.4. The lowest BCUT2D eigenvalue weighted by molar-refractivity contribution is -0.117. The molecule has 0 bridgehead atoms. The second-order valence-corrected chi connectivity index (χ2v) is 8.17. The molecule has 0 spiro atoms. The molecule has 0 aromatic heterocycles. The lowest BCUT2D eigenvalue weighted by Gasteiger charge is -2.24. The number of aryl methyl sites for hydroxylation is 2. The van der Waals surface area contributed by atoms with Crippen molar-refractivity contribution in [2.75, 3.05) is 5.32 Å². The second-order valence-electron chi connectivity index (χ2n) is 8.17. The van der Waals surface area contributed by atoms with Gasteiger partial charge in [0.1, 0.15) is 11.8 Å². The molecule has 33 heavy (non-hydrogen) atoms. The highest BCUT2D eigenvalue weighted by molar-refractivity contribution is 6.26. The number of benzene rings is 3. The lowest BCUT2D eigenvalue weighted by Crippen LogP contribution is -2.44. The number of Topliss-reactive ketones (excluding diaryl/α,β-unsaturated/α-hetero) is 1. The van der Waals surface area contributed by atoms with Gasteiger partial charge in [-0.2, -0.15) is 0 Å². The summed E-state index contributed by atoms with van der Waals surface area (Å²) in [4.78, 5) is 26.5. The van der Waals surface area contributed by atoms with Crippen molar-refractivity contribution >= 4 is 23.1 Å². The first-order valence-corrected chi connectivity index (χ1v) is 10.7. The van der Waals surface area contributed by atoms with Gasteiger partial charge in [0.15, 0.2) is 0 Å². The van der Waals surface area contributed by atoms with E-state index in [9.17, 15) is 14.8 Å². The van der Waals surface area contributed by atoms with E-state index >= 15 is 0 Å². The normalized spacial score (nSPS) is 14.9. The van der Waals surface area contributed by atoms with Crippen LogP contribution in [0.25, 0.3) is 0 Å². The van der Waals surface area contributed by atoms with Crippen molar-refractivity contribution in [1.29, 1.82) is 0 Å². The Kier molecular flexibility index (Phi) is 6.36. The molecule has 166 valence electrons. The molecule has 1 aliphatic carbocycles. The third-order valence-electron chi connectivity index (χ3n) is 5.50. The summed E-state index contributed by atoms with van der Waals surface area (Å²) in [7, 11) is 0. The van der Waals surface area contributed by atoms with Crippen molar-refractivity contribution in [2.24, 2.45) is 5.16 Å². The molecule has 1 unspecified atom stereocenters. The molecule has 0 saturated carbocycles. The van der Waals surface area contributed by atoms with Gasteiger partial charge in [-0.1, -0.05) is 65.8 Å². The number of hydrogen-bond donors (Lipinski definition) is 3. The summed E-state index contributed by atoms with van der Waals surface area (Å²) in [5.74, 6) is -0.519. The van der Waals surface area contributed by atoms with Crippen LogP contribution in [-0.4, -0.2) is 28.7 Å². The smallest absolute Gasteiger partial charge is 0.247 e. The summed E-state index contributed by atoms with van der Waals surface area (Å²) in [5, 5.41) is 18.9. The minimum atomic E-state index is -0.728. The molecule has 6 heteroatoms. The molecule has 1 aliphatic rings. The Morgan fingerprint density at radius 3 is 2.24 bits per heavy atom. The maximum atomic E-state index is 13.3. The number of nitrogens with zero attached hydrogens (tertiary/aromatic N) is 1. The van der Waals surface area contributed by atoms with Gasteiger partial charge in [0.2, 0.25) is 11.7 Å². The number of amides is 1. The maximum Gasteiger partial charge on any atom is 0.247 e. The van der Waals surface area contributed by atoms with E-state index in [1.165, 1.54) is 6.08 Å². The van der Waals surface area contributed by atoms with E-state index in [-0.39, 0.29) is 23.1 Å². The minimum absolute atomic E-state index is 0.206. The quantitative estimate of drug-likeness (QED) is 0.392. The summed E-state index contributed by atoms with van der Waals surface area (Å²) in [6.07, 6.45) is 1.85. The van der Waals surface area contributed by atoms with E-state index in [4.69, 9.17) is 0 Å². The number of allylic oxidation sites excluding steroid dienone is 2. The Bertz CT molecular complexity index is 1240. The molecule has 3 N–H and O–H groups in total. The number of oxime groups is 1. The first-order chi connectivity index (χ1) is 15.9. The summed E-state index contributed by atoms with van der Waals surface area (Å²) >= 11 is 0. The van der Waals surface area contributed by atoms with Crippen LogP contribution >= 0.6 is 0 Å². The maximum absolute atomic E-state index is 13.3. The monoisotopic (exact) mass is 439 g/mol. The van der Waals surface area contributed by atoms with Crippen LogP contribution in [0.15, 0.2) is 89.7 Å². The standard InChI is InChI=1S/C27H25N3O3/c1-17-12-18(2)14-20(13-17)28-27(32)25(15-19-8-4-3-5-9-19)29-24-16-23(30-33)21-10-6-7-11-22(21)26(24)31/h3-14,16,25,29,33H,15H2,1-2H3,(H,28,32). The van der Waals surface area contributed by atoms with Gasteiger partial charge in [0.25, 0.3) is 0 Å². The van der Waals surface area contributed by atoms with Crippen LogP contribution in [0.5, 0.6) is 0 Å². The zero-order valence-electron chi connectivity index (χ0n) is 18.5. The summed E-state index contributed by atoms with van der Waals surface area (Å²) < 4.78 is 0. The molecule has 0 saturated heterocycles. The Labute approximate surface area is 192 Å². The molecule has 0 heterocycles. The van der Waals surface area contributed by atoms with Crippen LogP contribution in [0, 0.1) is 13.8 Å². The molecule has 3 aromatic rings. The van der Waals surface area contributed by atoms with Crippen molar-refractivity contribution in [1.82, 2.24) is 5.32 Å². The molecule has 3 aromatic carbocycles. The van der Waals surface area contributed by atoms with E-state index in [1.807, 2.05) is 62.4 Å². The molecule has 1 amide bonds. The summed E-state index contributed by atoms with van der Waals surface area (Å²) in [6, 6.07) is 21.7. The topological polar surface area (TPSA) is 90.8 Å². The lowest BCUT2D eigenvalue weighted by atomic mass is 9.91. The Morgan fingerprint density at radius 1 is 0.939 bits per heavy atom. The summed E-state index contributed by atoms with van der Waals surface area (Å²) in [5.41, 5.74) is 5.18. The average Bonchev–Trinajstić information content (AvgIpc) is 2.80. The van der Waals surface area contributed by atoms with Crippen molar-refractivity contribution in [3.8, 4) is 0 Å². The molecular weight excluding hydrogens is 414 g/mol. The van der Waals surface area contributed by atoms with Crippen molar-refractivity contribution < 1.29 is 14.8 Å². The first-order valence-electron chi connectivity index (χ1n) is 10.7. The third-order valence-corrected chi connectivity index (χ3v) is 5.50. The fourth-order valence-corrected chi connectivity index (χ4v) is 4.04. The highest BCUT2D eigenvalue weighted by Gasteiger charge is 2.28. The second kappa shape index (κ2) is 9.53. The van der Waals surface area contributed by atoms with Crippen molar-refractivity contribution in [3.05, 3.63) is 112 Å². The summed E-state index contributed by atoms with van der Waals surface area (Å²) in [6.45, 7) is 3.95. The van der Waals surface area contributed by atoms with Gasteiger partial charge < -0.3 is 15.8 Å². The number of rotatable bonds is 6. The van der Waals surface area contributed by atoms with Crippen LogP contribution in [0.4, 0.5) is 5.69 Å². The molecule has 0 fully saturated rings. The van der Waals surface area contributed by atoms with E-state index in [1.54, 1.807) is 24.3 Å². The van der Waals surface area contributed by atoms with Crippen molar-refractivity contribution in [2.45, 2.75) is 26.3 Å². The number of hydrogen-bond acceptors (Lipinski definition) is 5. The number of carbonyl (C=O) groups excluding carboxylic acids is 2. The molecule has 0 radical (unpaired) electrons. The largest absolute Gasteiger partial charge is 0.410 e. The van der Waals surface area contributed by atoms with E-state index in [0.29, 0.717) is 23.2 Å². The van der Waals surface area contributed by atoms with Crippen LogP contribution in [0.2, 0.25) is 0 Å². The van der Waals surface area contributed by atoms with Crippen LogP contribution < -0.4 is 10.6 Å². The van der Waals surface area contributed by atoms with Crippen LogP contribution in [0.1, 0.15) is 32.6 Å². The Hall–Kier alpha value is -4.19. The predicted octanol–water partition coefficient (Wildman–Crippen LogP) is 4.40. The Balaban J connectivity index is 1.64. The van der Waals surface area contributed by atoms with E-state index in [0.717, 1.165) is 16.7 Å². The van der Waals surface area contributed by atoms with Gasteiger partial charge in [-0.3, -0.25) is 9.59 Å². The van der Waals surface area contributed by atoms with Crippen LogP contribution in [-0.2, 0) is 11.2 Å². The number of carbonyl (C=O) groups is 2. The predicted molar refractivity (Wildman–Crippen MR) is 129 cm³/mol. The molecule has 4 rings (SSSR count). The van der Waals surface area contributed by atoms with E-state index in [2.05, 4.69) is 15.8 Å². The van der Waals surface area contributed by atoms with Gasteiger partial charge in [-0.15, -0.1) is 0 Å². The van der Waals surface area contributed by atoms with Gasteiger partial charge in [0, 0.05) is 23.2 Å². The fraction of sp³-hybridized carbons (Fsp3) is 0.148. The van der Waals surface area contributed by atoms with Crippen molar-refractivity contribution in [3.63, 3.8) is 0 Å². The van der Waals surface area contributed by atoms with Crippen LogP contribution in [0.3, 0.4) is 0 Å².